The first-order valence-electron chi connectivity index (χ1n) is 8.57. The molecule has 1 heterocycles. The van der Waals surface area contributed by atoms with Crippen LogP contribution in [-0.2, 0) is 0 Å². The summed E-state index contributed by atoms with van der Waals surface area (Å²) >= 11 is 0. The average molecular weight is 351 g/mol. The molecule has 134 valence electrons. The summed E-state index contributed by atoms with van der Waals surface area (Å²) in [4.78, 5) is 27.0. The van der Waals surface area contributed by atoms with Gasteiger partial charge in [-0.15, -0.1) is 0 Å². The molecule has 0 bridgehead atoms. The highest BCUT2D eigenvalue weighted by atomic mass is 16.5. The van der Waals surface area contributed by atoms with Crippen LogP contribution in [0.2, 0.25) is 0 Å². The van der Waals surface area contributed by atoms with Gasteiger partial charge in [0, 0.05) is 23.1 Å². The Morgan fingerprint density at radius 3 is 1.81 bits per heavy atom. The van der Waals surface area contributed by atoms with Gasteiger partial charge in [0.25, 0.3) is 11.8 Å². The third-order valence-corrected chi connectivity index (χ3v) is 4.20. The standard InChI is InChI=1S/C21H21NO4/c1-4-11-22-20(23)14-7-9-16(25-12-5-2)19-17(26-13-6-3)10-8-15(18(14)19)21(22)24/h5-10H,2-4,11-13H2,1H3. The zero-order chi connectivity index (χ0) is 18.7. The largest absolute Gasteiger partial charge is 0.489 e. The monoisotopic (exact) mass is 351 g/mol. The van der Waals surface area contributed by atoms with E-state index in [-0.39, 0.29) is 11.8 Å². The molecule has 3 rings (SSSR count). The van der Waals surface area contributed by atoms with Crippen LogP contribution in [0.15, 0.2) is 49.6 Å². The summed E-state index contributed by atoms with van der Waals surface area (Å²) in [6.45, 7) is 10.3. The molecular weight excluding hydrogens is 330 g/mol. The van der Waals surface area contributed by atoms with Crippen molar-refractivity contribution in [3.63, 3.8) is 0 Å². The molecule has 1 aliphatic rings. The number of amides is 2. The van der Waals surface area contributed by atoms with Crippen LogP contribution in [0.1, 0.15) is 34.1 Å². The van der Waals surface area contributed by atoms with Gasteiger partial charge in [0.1, 0.15) is 24.7 Å². The summed E-state index contributed by atoms with van der Waals surface area (Å²) in [6.07, 6.45) is 3.98. The van der Waals surface area contributed by atoms with E-state index < -0.39 is 0 Å². The molecule has 2 aromatic rings. The van der Waals surface area contributed by atoms with E-state index in [9.17, 15) is 9.59 Å². The summed E-state index contributed by atoms with van der Waals surface area (Å²) in [5.74, 6) is 0.527. The van der Waals surface area contributed by atoms with E-state index in [0.29, 0.717) is 59.6 Å². The van der Waals surface area contributed by atoms with Crippen molar-refractivity contribution in [2.75, 3.05) is 19.8 Å². The first kappa shape index (κ1) is 17.7. The van der Waals surface area contributed by atoms with Gasteiger partial charge in [-0.25, -0.2) is 0 Å². The lowest BCUT2D eigenvalue weighted by Gasteiger charge is -2.28. The number of hydrogen-bond acceptors (Lipinski definition) is 4. The smallest absolute Gasteiger partial charge is 0.261 e. The van der Waals surface area contributed by atoms with Crippen LogP contribution >= 0.6 is 0 Å². The van der Waals surface area contributed by atoms with Crippen LogP contribution < -0.4 is 9.47 Å². The maximum absolute atomic E-state index is 12.8. The number of carbonyl (C=O) groups excluding carboxylic acids is 2. The van der Waals surface area contributed by atoms with Crippen LogP contribution in [0, 0.1) is 0 Å². The van der Waals surface area contributed by atoms with Crippen molar-refractivity contribution >= 4 is 22.6 Å². The second-order valence-electron chi connectivity index (χ2n) is 5.93. The van der Waals surface area contributed by atoms with Gasteiger partial charge in [0.15, 0.2) is 0 Å². The third kappa shape index (κ3) is 2.86. The molecule has 0 aromatic heterocycles. The van der Waals surface area contributed by atoms with Gasteiger partial charge in [-0.05, 0) is 30.7 Å². The molecule has 5 nitrogen and oxygen atoms in total. The minimum absolute atomic E-state index is 0.287. The average Bonchev–Trinajstić information content (AvgIpc) is 2.66. The lowest BCUT2D eigenvalue weighted by atomic mass is 9.92. The fourth-order valence-electron chi connectivity index (χ4n) is 3.14. The molecule has 0 unspecified atom stereocenters. The van der Waals surface area contributed by atoms with Crippen molar-refractivity contribution in [3.8, 4) is 11.5 Å². The third-order valence-electron chi connectivity index (χ3n) is 4.20. The van der Waals surface area contributed by atoms with Gasteiger partial charge in [-0.3, -0.25) is 14.5 Å². The molecule has 0 saturated heterocycles. The molecule has 0 N–H and O–H groups in total. The van der Waals surface area contributed by atoms with Crippen molar-refractivity contribution in [1.82, 2.24) is 4.90 Å². The molecule has 26 heavy (non-hydrogen) atoms. The number of hydrogen-bond donors (Lipinski definition) is 0. The molecule has 0 saturated carbocycles. The van der Waals surface area contributed by atoms with Gasteiger partial charge in [-0.1, -0.05) is 32.2 Å². The Labute approximate surface area is 152 Å². The first-order chi connectivity index (χ1) is 12.6. The molecule has 0 atom stereocenters. The Morgan fingerprint density at radius 1 is 0.885 bits per heavy atom. The van der Waals surface area contributed by atoms with Gasteiger partial charge in [0.05, 0.1) is 5.39 Å². The minimum atomic E-state index is -0.287. The Hall–Kier alpha value is -3.08. The fraction of sp³-hybridized carbons (Fsp3) is 0.238. The maximum atomic E-state index is 12.8. The van der Waals surface area contributed by atoms with Crippen molar-refractivity contribution in [3.05, 3.63) is 60.7 Å². The minimum Gasteiger partial charge on any atom is -0.489 e. The first-order valence-corrected chi connectivity index (χ1v) is 8.57. The summed E-state index contributed by atoms with van der Waals surface area (Å²) in [5.41, 5.74) is 0.969. The molecule has 0 spiro atoms. The highest BCUT2D eigenvalue weighted by Gasteiger charge is 2.34. The summed E-state index contributed by atoms with van der Waals surface area (Å²) in [6, 6.07) is 6.89. The van der Waals surface area contributed by atoms with Crippen molar-refractivity contribution in [2.24, 2.45) is 0 Å². The van der Waals surface area contributed by atoms with Gasteiger partial charge < -0.3 is 9.47 Å². The number of benzene rings is 2. The van der Waals surface area contributed by atoms with E-state index in [1.807, 2.05) is 6.92 Å². The molecular formula is C21H21NO4. The summed E-state index contributed by atoms with van der Waals surface area (Å²) in [5, 5.41) is 1.21. The topological polar surface area (TPSA) is 55.8 Å². The van der Waals surface area contributed by atoms with Crippen LogP contribution in [0.3, 0.4) is 0 Å². The second-order valence-corrected chi connectivity index (χ2v) is 5.93. The molecule has 0 aliphatic carbocycles. The predicted molar refractivity (Wildman–Crippen MR) is 101 cm³/mol. The molecule has 0 radical (unpaired) electrons. The summed E-state index contributed by atoms with van der Waals surface area (Å²) in [7, 11) is 0. The van der Waals surface area contributed by atoms with Crippen molar-refractivity contribution in [2.45, 2.75) is 13.3 Å². The predicted octanol–water partition coefficient (Wildman–Crippen LogP) is 3.98. The molecule has 0 fully saturated rings. The van der Waals surface area contributed by atoms with E-state index in [1.165, 1.54) is 4.90 Å². The molecule has 2 aromatic carbocycles. The van der Waals surface area contributed by atoms with E-state index >= 15 is 0 Å². The number of nitrogens with zero attached hydrogens (tertiary/aromatic N) is 1. The number of imide groups is 1. The van der Waals surface area contributed by atoms with Gasteiger partial charge in [0.2, 0.25) is 0 Å². The van der Waals surface area contributed by atoms with Crippen molar-refractivity contribution in [1.29, 1.82) is 0 Å². The zero-order valence-electron chi connectivity index (χ0n) is 14.8. The van der Waals surface area contributed by atoms with Crippen LogP contribution in [0.5, 0.6) is 11.5 Å². The van der Waals surface area contributed by atoms with E-state index in [1.54, 1.807) is 36.4 Å². The Bertz CT molecular complexity index is 834. The van der Waals surface area contributed by atoms with Gasteiger partial charge >= 0.3 is 0 Å². The Balaban J connectivity index is 2.27. The van der Waals surface area contributed by atoms with Crippen molar-refractivity contribution < 1.29 is 19.1 Å². The number of ether oxygens (including phenoxy) is 2. The van der Waals surface area contributed by atoms with Gasteiger partial charge in [-0.2, -0.15) is 0 Å². The maximum Gasteiger partial charge on any atom is 0.261 e. The SMILES string of the molecule is C=CCOc1ccc2c3c(ccc(OCC=C)c13)C(=O)N(CCC)C2=O. The molecule has 5 heteroatoms. The Morgan fingerprint density at radius 2 is 1.38 bits per heavy atom. The highest BCUT2D eigenvalue weighted by molar-refractivity contribution is 6.26. The number of rotatable bonds is 8. The van der Waals surface area contributed by atoms with Crippen LogP contribution in [0.4, 0.5) is 0 Å². The lowest BCUT2D eigenvalue weighted by Crippen LogP contribution is -2.40. The molecule has 1 aliphatic heterocycles. The quantitative estimate of drug-likeness (QED) is 0.533. The normalized spacial score (nSPS) is 13.0. The second kappa shape index (κ2) is 7.44. The number of carbonyl (C=O) groups is 2. The lowest BCUT2D eigenvalue weighted by molar-refractivity contribution is 0.0610. The van der Waals surface area contributed by atoms with E-state index in [4.69, 9.17) is 9.47 Å². The summed E-state index contributed by atoms with van der Waals surface area (Å²) < 4.78 is 11.5. The fourth-order valence-corrected chi connectivity index (χ4v) is 3.14. The Kier molecular flexibility index (Phi) is 5.07. The highest BCUT2D eigenvalue weighted by Crippen LogP contribution is 2.41. The van der Waals surface area contributed by atoms with Crippen LogP contribution in [0.25, 0.3) is 10.8 Å². The molecule has 2 amide bonds. The van der Waals surface area contributed by atoms with E-state index in [2.05, 4.69) is 13.2 Å². The van der Waals surface area contributed by atoms with Crippen LogP contribution in [-0.4, -0.2) is 36.5 Å². The zero-order valence-corrected chi connectivity index (χ0v) is 14.8. The van der Waals surface area contributed by atoms with E-state index in [0.717, 1.165) is 0 Å².